The van der Waals surface area contributed by atoms with Gasteiger partial charge in [-0.1, -0.05) is 12.2 Å². The molecule has 3 aliphatic carbocycles. The summed E-state index contributed by atoms with van der Waals surface area (Å²) in [5, 5.41) is 15.1. The van der Waals surface area contributed by atoms with E-state index in [2.05, 4.69) is 37.9 Å². The van der Waals surface area contributed by atoms with Crippen molar-refractivity contribution in [3.63, 3.8) is 0 Å². The molecule has 3 fully saturated rings. The van der Waals surface area contributed by atoms with Gasteiger partial charge in [-0.3, -0.25) is 9.69 Å². The molecule has 2 bridgehead atoms. The van der Waals surface area contributed by atoms with E-state index < -0.39 is 0 Å². The number of nitrogens with zero attached hydrogens (tertiary/aromatic N) is 5. The van der Waals surface area contributed by atoms with Crippen molar-refractivity contribution >= 4 is 5.91 Å². The summed E-state index contributed by atoms with van der Waals surface area (Å²) in [6.45, 7) is 5.34. The maximum Gasteiger partial charge on any atom is 0.221 e. The van der Waals surface area contributed by atoms with Crippen LogP contribution in [0.4, 0.5) is 0 Å². The normalized spacial score (nSPS) is 30.9. The van der Waals surface area contributed by atoms with Gasteiger partial charge in [-0.05, 0) is 52.9 Å². The Balaban J connectivity index is 1.08. The van der Waals surface area contributed by atoms with Crippen molar-refractivity contribution in [2.45, 2.75) is 38.8 Å². The van der Waals surface area contributed by atoms with Gasteiger partial charge in [-0.2, -0.15) is 0 Å². The number of carbonyl (C=O) groups excluding carboxylic acids is 1. The molecular weight excluding hydrogens is 344 g/mol. The zero-order chi connectivity index (χ0) is 18.3. The predicted octanol–water partition coefficient (Wildman–Crippen LogP) is 0.614. The molecule has 1 spiro atoms. The second kappa shape index (κ2) is 6.98. The van der Waals surface area contributed by atoms with E-state index in [1.165, 1.54) is 19.3 Å². The molecule has 2 heterocycles. The van der Waals surface area contributed by atoms with Crippen LogP contribution in [0.1, 0.15) is 31.5 Å². The molecular formula is C19H28N6O2. The van der Waals surface area contributed by atoms with Crippen LogP contribution in [0.25, 0.3) is 0 Å². The van der Waals surface area contributed by atoms with Crippen molar-refractivity contribution in [3.05, 3.63) is 18.0 Å². The summed E-state index contributed by atoms with van der Waals surface area (Å²) in [6.07, 6.45) is 9.26. The Morgan fingerprint density at radius 1 is 1.30 bits per heavy atom. The first-order valence-corrected chi connectivity index (χ1v) is 10.2. The second-order valence-corrected chi connectivity index (χ2v) is 8.51. The molecule has 1 aliphatic heterocycles. The number of rotatable bonds is 7. The summed E-state index contributed by atoms with van der Waals surface area (Å²) in [5.41, 5.74) is 0.593. The zero-order valence-corrected chi connectivity index (χ0v) is 15.7. The molecule has 4 aliphatic rings. The lowest BCUT2D eigenvalue weighted by Gasteiger charge is -2.25. The van der Waals surface area contributed by atoms with Crippen LogP contribution in [-0.4, -0.2) is 63.9 Å². The van der Waals surface area contributed by atoms with Gasteiger partial charge < -0.3 is 10.1 Å². The number of aryl methyl sites for hydroxylation is 1. The number of carbonyl (C=O) groups is 1. The molecule has 8 nitrogen and oxygen atoms in total. The average molecular weight is 372 g/mol. The molecule has 5 rings (SSSR count). The van der Waals surface area contributed by atoms with Crippen LogP contribution in [0.3, 0.4) is 0 Å². The largest absolute Gasteiger partial charge is 0.379 e. The second-order valence-electron chi connectivity index (χ2n) is 8.51. The number of nitrogens with one attached hydrogen (secondary N) is 1. The van der Waals surface area contributed by atoms with Gasteiger partial charge in [0.2, 0.25) is 5.91 Å². The van der Waals surface area contributed by atoms with Crippen molar-refractivity contribution in [3.8, 4) is 0 Å². The summed E-state index contributed by atoms with van der Waals surface area (Å²) in [5.74, 6) is 3.00. The fourth-order valence-electron chi connectivity index (χ4n) is 5.37. The molecule has 0 unspecified atom stereocenters. The maximum atomic E-state index is 12.3. The van der Waals surface area contributed by atoms with Crippen LogP contribution in [-0.2, 0) is 22.6 Å². The number of allylic oxidation sites excluding steroid dienone is 2. The van der Waals surface area contributed by atoms with Gasteiger partial charge in [0.25, 0.3) is 0 Å². The van der Waals surface area contributed by atoms with Gasteiger partial charge in [0.15, 0.2) is 5.82 Å². The Labute approximate surface area is 159 Å². The Hall–Kier alpha value is -1.80. The first-order chi connectivity index (χ1) is 13.2. The predicted molar refractivity (Wildman–Crippen MR) is 97.4 cm³/mol. The van der Waals surface area contributed by atoms with E-state index in [0.717, 1.165) is 44.6 Å². The van der Waals surface area contributed by atoms with E-state index in [9.17, 15) is 4.79 Å². The van der Waals surface area contributed by atoms with E-state index in [4.69, 9.17) is 4.74 Å². The SMILES string of the molecule is O=C(CCn1nnnc1CN1CCOCC1)NC[C@H]1C[C@H]2C=C[C@H]1C21CC1. The number of aromatic nitrogens is 4. The molecule has 0 radical (unpaired) electrons. The van der Waals surface area contributed by atoms with Gasteiger partial charge >= 0.3 is 0 Å². The minimum Gasteiger partial charge on any atom is -0.379 e. The van der Waals surface area contributed by atoms with Gasteiger partial charge in [0, 0.05) is 26.1 Å². The van der Waals surface area contributed by atoms with Crippen LogP contribution < -0.4 is 5.32 Å². The maximum absolute atomic E-state index is 12.3. The van der Waals surface area contributed by atoms with E-state index in [-0.39, 0.29) is 5.91 Å². The molecule has 0 aromatic carbocycles. The fraction of sp³-hybridized carbons (Fsp3) is 0.789. The molecule has 27 heavy (non-hydrogen) atoms. The van der Waals surface area contributed by atoms with Crippen LogP contribution in [0.15, 0.2) is 12.2 Å². The van der Waals surface area contributed by atoms with Crippen molar-refractivity contribution in [1.82, 2.24) is 30.4 Å². The van der Waals surface area contributed by atoms with Gasteiger partial charge in [-0.25, -0.2) is 4.68 Å². The Morgan fingerprint density at radius 2 is 2.15 bits per heavy atom. The summed E-state index contributed by atoms with van der Waals surface area (Å²) < 4.78 is 7.13. The highest BCUT2D eigenvalue weighted by Crippen LogP contribution is 2.69. The lowest BCUT2D eigenvalue weighted by molar-refractivity contribution is -0.121. The number of hydrogen-bond acceptors (Lipinski definition) is 6. The van der Waals surface area contributed by atoms with Crippen molar-refractivity contribution in [2.24, 2.45) is 23.2 Å². The van der Waals surface area contributed by atoms with Gasteiger partial charge in [0.05, 0.1) is 26.3 Å². The molecule has 2 saturated carbocycles. The number of amides is 1. The fourth-order valence-corrected chi connectivity index (χ4v) is 5.37. The lowest BCUT2D eigenvalue weighted by atomic mass is 9.89. The Kier molecular flexibility index (Phi) is 4.47. The highest BCUT2D eigenvalue weighted by atomic mass is 16.5. The number of tetrazole rings is 1. The highest BCUT2D eigenvalue weighted by Gasteiger charge is 2.62. The van der Waals surface area contributed by atoms with E-state index in [1.54, 1.807) is 4.68 Å². The average Bonchev–Trinajstić information content (AvgIpc) is 3.15. The van der Waals surface area contributed by atoms with Crippen LogP contribution in [0.2, 0.25) is 0 Å². The highest BCUT2D eigenvalue weighted by molar-refractivity contribution is 5.75. The van der Waals surface area contributed by atoms with Crippen molar-refractivity contribution < 1.29 is 9.53 Å². The summed E-state index contributed by atoms with van der Waals surface area (Å²) in [7, 11) is 0. The molecule has 1 amide bonds. The molecule has 146 valence electrons. The third-order valence-electron chi connectivity index (χ3n) is 7.03. The third-order valence-corrected chi connectivity index (χ3v) is 7.03. The molecule has 3 atom stereocenters. The first kappa shape index (κ1) is 17.3. The number of morpholine rings is 1. The number of hydrogen-bond donors (Lipinski definition) is 1. The molecule has 8 heteroatoms. The first-order valence-electron chi connectivity index (χ1n) is 10.2. The van der Waals surface area contributed by atoms with Crippen LogP contribution >= 0.6 is 0 Å². The summed E-state index contributed by atoms with van der Waals surface area (Å²) in [6, 6.07) is 0. The number of ether oxygens (including phenoxy) is 1. The molecule has 1 aromatic rings. The van der Waals surface area contributed by atoms with E-state index >= 15 is 0 Å². The van der Waals surface area contributed by atoms with Crippen molar-refractivity contribution in [2.75, 3.05) is 32.8 Å². The Bertz CT molecular complexity index is 722. The van der Waals surface area contributed by atoms with Crippen molar-refractivity contribution in [1.29, 1.82) is 0 Å². The standard InChI is InChI=1S/C19H28N6O2/c26-18(20-12-14-11-15-1-2-16(14)19(15)4-5-19)3-6-25-17(21-22-23-25)13-24-7-9-27-10-8-24/h1-2,14-16H,3-13H2,(H,20,26)/t14-,15-,16-/m1/s1. The summed E-state index contributed by atoms with van der Waals surface area (Å²) >= 11 is 0. The van der Waals surface area contributed by atoms with Gasteiger partial charge in [0.1, 0.15) is 0 Å². The Morgan fingerprint density at radius 3 is 2.93 bits per heavy atom. The minimum absolute atomic E-state index is 0.0967. The molecule has 1 N–H and O–H groups in total. The quantitative estimate of drug-likeness (QED) is 0.706. The lowest BCUT2D eigenvalue weighted by Crippen LogP contribution is -2.36. The zero-order valence-electron chi connectivity index (χ0n) is 15.7. The monoisotopic (exact) mass is 372 g/mol. The smallest absolute Gasteiger partial charge is 0.221 e. The van der Waals surface area contributed by atoms with E-state index in [1.807, 2.05) is 0 Å². The topological polar surface area (TPSA) is 85.2 Å². The van der Waals surface area contributed by atoms with E-state index in [0.29, 0.717) is 36.8 Å². The van der Waals surface area contributed by atoms with Crippen LogP contribution in [0.5, 0.6) is 0 Å². The molecule has 1 aromatic heterocycles. The van der Waals surface area contributed by atoms with Crippen LogP contribution in [0, 0.1) is 23.2 Å². The summed E-state index contributed by atoms with van der Waals surface area (Å²) in [4.78, 5) is 14.6. The van der Waals surface area contributed by atoms with Gasteiger partial charge in [-0.15, -0.1) is 5.10 Å². The molecule has 1 saturated heterocycles. The minimum atomic E-state index is 0.0967. The third kappa shape index (κ3) is 3.29.